The third kappa shape index (κ3) is 3.63. The number of benzene rings is 1. The average Bonchev–Trinajstić information content (AvgIpc) is 3.18. The van der Waals surface area contributed by atoms with Crippen molar-refractivity contribution in [2.75, 3.05) is 20.3 Å². The Bertz CT molecular complexity index is 361. The molecule has 3 heteroatoms. The van der Waals surface area contributed by atoms with Gasteiger partial charge in [0.25, 0.3) is 0 Å². The van der Waals surface area contributed by atoms with Crippen LogP contribution in [0.4, 0.5) is 0 Å². The van der Waals surface area contributed by atoms with E-state index in [1.165, 1.54) is 18.4 Å². The van der Waals surface area contributed by atoms with Gasteiger partial charge in [0.1, 0.15) is 0 Å². The van der Waals surface area contributed by atoms with E-state index in [9.17, 15) is 0 Å². The van der Waals surface area contributed by atoms with Crippen molar-refractivity contribution in [2.24, 2.45) is 5.92 Å². The summed E-state index contributed by atoms with van der Waals surface area (Å²) in [6.45, 7) is 4.77. The average molecular weight is 235 g/mol. The highest BCUT2D eigenvalue weighted by Gasteiger charge is 2.22. The van der Waals surface area contributed by atoms with Crippen LogP contribution >= 0.6 is 0 Å². The Hall–Kier alpha value is -1.22. The second-order valence-corrected chi connectivity index (χ2v) is 4.52. The van der Waals surface area contributed by atoms with Crippen LogP contribution in [0.1, 0.15) is 25.3 Å². The Morgan fingerprint density at radius 1 is 1.29 bits per heavy atom. The van der Waals surface area contributed by atoms with Crippen molar-refractivity contribution in [1.29, 1.82) is 0 Å². The highest BCUT2D eigenvalue weighted by atomic mass is 16.5. The normalized spacial score (nSPS) is 14.7. The van der Waals surface area contributed by atoms with Crippen LogP contribution in [0.2, 0.25) is 0 Å². The molecule has 0 saturated heterocycles. The SMILES string of the molecule is CCNCc1ccc(OCC2CC2)c(OC)c1. The maximum atomic E-state index is 5.77. The summed E-state index contributed by atoms with van der Waals surface area (Å²) in [6.07, 6.45) is 2.61. The fourth-order valence-corrected chi connectivity index (χ4v) is 1.70. The largest absolute Gasteiger partial charge is 0.493 e. The predicted octanol–water partition coefficient (Wildman–Crippen LogP) is 2.59. The van der Waals surface area contributed by atoms with E-state index in [-0.39, 0.29) is 0 Å². The van der Waals surface area contributed by atoms with Gasteiger partial charge in [0.2, 0.25) is 0 Å². The molecule has 0 radical (unpaired) electrons. The Morgan fingerprint density at radius 2 is 2.12 bits per heavy atom. The first-order valence-electron chi connectivity index (χ1n) is 6.34. The maximum Gasteiger partial charge on any atom is 0.161 e. The molecule has 1 N–H and O–H groups in total. The Morgan fingerprint density at radius 3 is 2.76 bits per heavy atom. The summed E-state index contributed by atoms with van der Waals surface area (Å²) in [5, 5.41) is 3.30. The van der Waals surface area contributed by atoms with Crippen LogP contribution in [0.5, 0.6) is 11.5 Å². The smallest absolute Gasteiger partial charge is 0.161 e. The van der Waals surface area contributed by atoms with Gasteiger partial charge in [0, 0.05) is 6.54 Å². The van der Waals surface area contributed by atoms with Gasteiger partial charge >= 0.3 is 0 Å². The minimum Gasteiger partial charge on any atom is -0.493 e. The molecule has 0 atom stereocenters. The first-order valence-corrected chi connectivity index (χ1v) is 6.34. The number of rotatable bonds is 7. The van der Waals surface area contributed by atoms with Gasteiger partial charge in [-0.05, 0) is 43.0 Å². The fourth-order valence-electron chi connectivity index (χ4n) is 1.70. The minimum absolute atomic E-state index is 0.765. The Kier molecular flexibility index (Phi) is 4.26. The van der Waals surface area contributed by atoms with Gasteiger partial charge in [0.05, 0.1) is 13.7 Å². The van der Waals surface area contributed by atoms with Gasteiger partial charge in [-0.3, -0.25) is 0 Å². The monoisotopic (exact) mass is 235 g/mol. The summed E-state index contributed by atoms with van der Waals surface area (Å²) >= 11 is 0. The molecule has 0 unspecified atom stereocenters. The summed E-state index contributed by atoms with van der Waals surface area (Å²) in [6, 6.07) is 6.15. The maximum absolute atomic E-state index is 5.77. The molecule has 1 aromatic rings. The number of methoxy groups -OCH3 is 1. The van der Waals surface area contributed by atoms with Crippen molar-refractivity contribution in [3.8, 4) is 11.5 Å². The topological polar surface area (TPSA) is 30.5 Å². The molecule has 0 spiro atoms. The van der Waals surface area contributed by atoms with Crippen LogP contribution in [0.3, 0.4) is 0 Å². The summed E-state index contributed by atoms with van der Waals surface area (Å²) in [5.74, 6) is 2.46. The molecular weight excluding hydrogens is 214 g/mol. The van der Waals surface area contributed by atoms with Crippen LogP contribution in [0.15, 0.2) is 18.2 Å². The van der Waals surface area contributed by atoms with Crippen LogP contribution in [-0.2, 0) is 6.54 Å². The van der Waals surface area contributed by atoms with Gasteiger partial charge in [-0.15, -0.1) is 0 Å². The zero-order valence-electron chi connectivity index (χ0n) is 10.7. The highest BCUT2D eigenvalue weighted by molar-refractivity contribution is 5.43. The minimum atomic E-state index is 0.765. The molecule has 0 aliphatic heterocycles. The molecule has 0 bridgehead atoms. The van der Waals surface area contributed by atoms with Crippen LogP contribution < -0.4 is 14.8 Å². The number of hydrogen-bond acceptors (Lipinski definition) is 3. The number of hydrogen-bond donors (Lipinski definition) is 1. The fraction of sp³-hybridized carbons (Fsp3) is 0.571. The quantitative estimate of drug-likeness (QED) is 0.788. The van der Waals surface area contributed by atoms with Gasteiger partial charge in [-0.2, -0.15) is 0 Å². The molecule has 1 aliphatic carbocycles. The molecule has 1 fully saturated rings. The van der Waals surface area contributed by atoms with E-state index in [4.69, 9.17) is 9.47 Å². The van der Waals surface area contributed by atoms with E-state index in [1.54, 1.807) is 7.11 Å². The molecule has 1 aromatic carbocycles. The molecule has 2 rings (SSSR count). The van der Waals surface area contributed by atoms with Crippen molar-refractivity contribution < 1.29 is 9.47 Å². The molecule has 0 heterocycles. The van der Waals surface area contributed by atoms with Gasteiger partial charge in [0.15, 0.2) is 11.5 Å². The second-order valence-electron chi connectivity index (χ2n) is 4.52. The van der Waals surface area contributed by atoms with E-state index in [1.807, 2.05) is 12.1 Å². The van der Waals surface area contributed by atoms with Crippen LogP contribution in [-0.4, -0.2) is 20.3 Å². The van der Waals surface area contributed by atoms with E-state index >= 15 is 0 Å². The predicted molar refractivity (Wildman–Crippen MR) is 68.6 cm³/mol. The summed E-state index contributed by atoms with van der Waals surface area (Å²) < 4.78 is 11.1. The zero-order valence-corrected chi connectivity index (χ0v) is 10.7. The van der Waals surface area contributed by atoms with Gasteiger partial charge in [-0.1, -0.05) is 13.0 Å². The third-order valence-electron chi connectivity index (χ3n) is 2.98. The number of ether oxygens (including phenoxy) is 2. The second kappa shape index (κ2) is 5.92. The van der Waals surface area contributed by atoms with Crippen molar-refractivity contribution in [1.82, 2.24) is 5.32 Å². The first-order chi connectivity index (χ1) is 8.33. The lowest BCUT2D eigenvalue weighted by atomic mass is 10.2. The van der Waals surface area contributed by atoms with E-state index in [0.29, 0.717) is 0 Å². The molecular formula is C14H21NO2. The van der Waals surface area contributed by atoms with Crippen molar-refractivity contribution in [2.45, 2.75) is 26.3 Å². The summed E-state index contributed by atoms with van der Waals surface area (Å²) in [7, 11) is 1.69. The lowest BCUT2D eigenvalue weighted by Gasteiger charge is -2.12. The Labute approximate surface area is 103 Å². The molecule has 1 saturated carbocycles. The molecule has 17 heavy (non-hydrogen) atoms. The van der Waals surface area contributed by atoms with Gasteiger partial charge in [-0.25, -0.2) is 0 Å². The standard InChI is InChI=1S/C14H21NO2/c1-3-15-9-12-6-7-13(14(8-12)16-2)17-10-11-4-5-11/h6-8,11,15H,3-5,9-10H2,1-2H3. The Balaban J connectivity index is 1.98. The lowest BCUT2D eigenvalue weighted by Crippen LogP contribution is -2.11. The molecule has 3 nitrogen and oxygen atoms in total. The molecule has 1 aliphatic rings. The summed E-state index contributed by atoms with van der Waals surface area (Å²) in [4.78, 5) is 0. The summed E-state index contributed by atoms with van der Waals surface area (Å²) in [5.41, 5.74) is 1.22. The zero-order chi connectivity index (χ0) is 12.1. The molecule has 0 amide bonds. The van der Waals surface area contributed by atoms with Gasteiger partial charge < -0.3 is 14.8 Å². The highest BCUT2D eigenvalue weighted by Crippen LogP contribution is 2.33. The third-order valence-corrected chi connectivity index (χ3v) is 2.98. The van der Waals surface area contributed by atoms with Crippen LogP contribution in [0.25, 0.3) is 0 Å². The van der Waals surface area contributed by atoms with E-state index < -0.39 is 0 Å². The molecule has 94 valence electrons. The van der Waals surface area contributed by atoms with Crippen molar-refractivity contribution >= 4 is 0 Å². The van der Waals surface area contributed by atoms with E-state index in [2.05, 4.69) is 18.3 Å². The number of nitrogens with one attached hydrogen (secondary N) is 1. The van der Waals surface area contributed by atoms with E-state index in [0.717, 1.165) is 37.1 Å². The molecule has 0 aromatic heterocycles. The van der Waals surface area contributed by atoms with Crippen molar-refractivity contribution in [3.63, 3.8) is 0 Å². The van der Waals surface area contributed by atoms with Crippen molar-refractivity contribution in [3.05, 3.63) is 23.8 Å². The lowest BCUT2D eigenvalue weighted by molar-refractivity contribution is 0.280. The first kappa shape index (κ1) is 12.2. The van der Waals surface area contributed by atoms with Crippen LogP contribution in [0, 0.1) is 5.92 Å².